The molecule has 2 atom stereocenters. The Morgan fingerprint density at radius 1 is 0.971 bits per heavy atom. The zero-order valence-corrected chi connectivity index (χ0v) is 18.6. The summed E-state index contributed by atoms with van der Waals surface area (Å²) < 4.78 is 27.2. The number of nitrogens with zero attached hydrogens (tertiary/aromatic N) is 1. The largest absolute Gasteiger partial charge is 0.351 e. The van der Waals surface area contributed by atoms with E-state index >= 15 is 0 Å². The molecular formula is C26H23F2N3O3. The molecule has 0 fully saturated rings. The van der Waals surface area contributed by atoms with Crippen LogP contribution in [0.25, 0.3) is 11.1 Å². The first-order valence-electron chi connectivity index (χ1n) is 10.8. The summed E-state index contributed by atoms with van der Waals surface area (Å²) in [6.45, 7) is 1.11. The molecule has 0 bridgehead atoms. The van der Waals surface area contributed by atoms with Gasteiger partial charge in [-0.25, -0.2) is 8.78 Å². The van der Waals surface area contributed by atoms with Crippen molar-refractivity contribution in [1.82, 2.24) is 10.6 Å². The van der Waals surface area contributed by atoms with Crippen LogP contribution in [0.2, 0.25) is 0 Å². The summed E-state index contributed by atoms with van der Waals surface area (Å²) in [6.07, 6.45) is 0. The molecule has 1 heterocycles. The minimum atomic E-state index is -1.17. The van der Waals surface area contributed by atoms with Gasteiger partial charge < -0.3 is 15.5 Å². The predicted molar refractivity (Wildman–Crippen MR) is 124 cm³/mol. The van der Waals surface area contributed by atoms with Gasteiger partial charge in [0.1, 0.15) is 23.6 Å². The lowest BCUT2D eigenvalue weighted by Gasteiger charge is -2.24. The van der Waals surface area contributed by atoms with Crippen LogP contribution in [0.3, 0.4) is 0 Å². The number of hydrogen-bond donors (Lipinski definition) is 2. The van der Waals surface area contributed by atoms with Gasteiger partial charge in [-0.05, 0) is 42.3 Å². The van der Waals surface area contributed by atoms with E-state index in [4.69, 9.17) is 0 Å². The van der Waals surface area contributed by atoms with Gasteiger partial charge in [-0.2, -0.15) is 0 Å². The van der Waals surface area contributed by atoms with E-state index in [1.807, 2.05) is 36.4 Å². The van der Waals surface area contributed by atoms with Gasteiger partial charge in [-0.1, -0.05) is 42.5 Å². The lowest BCUT2D eigenvalue weighted by Crippen LogP contribution is -2.45. The molecule has 34 heavy (non-hydrogen) atoms. The number of likely N-dealkylation sites (N-methyl/N-ethyl adjacent to an activating group) is 1. The first-order valence-corrected chi connectivity index (χ1v) is 10.8. The first kappa shape index (κ1) is 23.1. The molecule has 0 aliphatic carbocycles. The number of carbonyl (C=O) groups excluding carboxylic acids is 3. The van der Waals surface area contributed by atoms with E-state index in [0.717, 1.165) is 29.3 Å². The average Bonchev–Trinajstić information content (AvgIpc) is 2.93. The topological polar surface area (TPSA) is 78.5 Å². The van der Waals surface area contributed by atoms with E-state index in [9.17, 15) is 23.2 Å². The maximum Gasteiger partial charge on any atom is 0.253 e. The fourth-order valence-corrected chi connectivity index (χ4v) is 3.97. The van der Waals surface area contributed by atoms with Gasteiger partial charge in [0.2, 0.25) is 11.8 Å². The number of halogens is 2. The molecule has 0 saturated heterocycles. The third-order valence-corrected chi connectivity index (χ3v) is 5.94. The fourth-order valence-electron chi connectivity index (χ4n) is 3.97. The number of para-hydroxylation sites is 1. The van der Waals surface area contributed by atoms with Crippen molar-refractivity contribution in [3.05, 3.63) is 89.5 Å². The van der Waals surface area contributed by atoms with Crippen LogP contribution in [0.15, 0.2) is 66.7 Å². The van der Waals surface area contributed by atoms with Gasteiger partial charge in [0.15, 0.2) is 0 Å². The smallest absolute Gasteiger partial charge is 0.253 e. The van der Waals surface area contributed by atoms with Crippen molar-refractivity contribution in [2.45, 2.75) is 19.5 Å². The maximum atomic E-state index is 13.8. The minimum absolute atomic E-state index is 0.0341. The number of anilines is 1. The van der Waals surface area contributed by atoms with Crippen molar-refractivity contribution in [2.75, 3.05) is 11.9 Å². The Labute approximate surface area is 195 Å². The lowest BCUT2D eigenvalue weighted by atomic mass is 9.95. The Morgan fingerprint density at radius 2 is 1.65 bits per heavy atom. The Balaban J connectivity index is 1.53. The first-order chi connectivity index (χ1) is 16.3. The van der Waals surface area contributed by atoms with Crippen LogP contribution in [0, 0.1) is 17.6 Å². The van der Waals surface area contributed by atoms with Crippen LogP contribution in [0.4, 0.5) is 14.5 Å². The molecule has 4 rings (SSSR count). The quantitative estimate of drug-likeness (QED) is 0.566. The standard InChI is InChI=1S/C26H23F2N3O3/c1-15(24(32)29-14-16-13-17(27)11-12-21(16)28)25(33)30-23-20-9-4-3-7-18(20)19-8-5-6-10-22(19)31(2)26(23)34/h3-13,15,23H,14H2,1-2H3,(H,29,32)(H,30,33)/t15-,23-/m1/s1. The Hall–Kier alpha value is -4.07. The zero-order chi connectivity index (χ0) is 24.4. The van der Waals surface area contributed by atoms with Crippen LogP contribution in [0.5, 0.6) is 0 Å². The molecule has 1 aliphatic rings. The number of fused-ring (bicyclic) bond motifs is 3. The second-order valence-electron chi connectivity index (χ2n) is 8.12. The molecule has 3 amide bonds. The highest BCUT2D eigenvalue weighted by Crippen LogP contribution is 2.39. The second-order valence-corrected chi connectivity index (χ2v) is 8.12. The molecule has 0 unspecified atom stereocenters. The minimum Gasteiger partial charge on any atom is -0.351 e. The summed E-state index contributed by atoms with van der Waals surface area (Å²) in [5.74, 6) is -4.15. The molecule has 0 spiro atoms. The van der Waals surface area contributed by atoms with E-state index < -0.39 is 35.4 Å². The van der Waals surface area contributed by atoms with Crippen molar-refractivity contribution in [3.63, 3.8) is 0 Å². The van der Waals surface area contributed by atoms with Gasteiger partial charge in [0.05, 0.1) is 5.69 Å². The maximum absolute atomic E-state index is 13.8. The van der Waals surface area contributed by atoms with Gasteiger partial charge in [-0.15, -0.1) is 0 Å². The van der Waals surface area contributed by atoms with Crippen molar-refractivity contribution in [2.24, 2.45) is 5.92 Å². The third-order valence-electron chi connectivity index (χ3n) is 5.94. The highest BCUT2D eigenvalue weighted by molar-refractivity contribution is 6.07. The molecule has 0 aromatic heterocycles. The Kier molecular flexibility index (Phi) is 6.40. The monoisotopic (exact) mass is 463 g/mol. The summed E-state index contributed by atoms with van der Waals surface area (Å²) in [5.41, 5.74) is 2.95. The number of amides is 3. The molecule has 174 valence electrons. The second kappa shape index (κ2) is 9.43. The molecular weight excluding hydrogens is 440 g/mol. The lowest BCUT2D eigenvalue weighted by molar-refractivity contribution is -0.136. The Morgan fingerprint density at radius 3 is 2.41 bits per heavy atom. The van der Waals surface area contributed by atoms with Crippen LogP contribution in [-0.2, 0) is 20.9 Å². The number of nitrogens with one attached hydrogen (secondary N) is 2. The molecule has 3 aromatic carbocycles. The fraction of sp³-hybridized carbons (Fsp3) is 0.192. The van der Waals surface area contributed by atoms with Gasteiger partial charge in [0.25, 0.3) is 5.91 Å². The van der Waals surface area contributed by atoms with Crippen LogP contribution in [-0.4, -0.2) is 24.8 Å². The third kappa shape index (κ3) is 4.39. The molecule has 1 aliphatic heterocycles. The molecule has 2 N–H and O–H groups in total. The average molecular weight is 463 g/mol. The molecule has 6 nitrogen and oxygen atoms in total. The predicted octanol–water partition coefficient (Wildman–Crippen LogP) is 3.72. The highest BCUT2D eigenvalue weighted by Gasteiger charge is 2.35. The van der Waals surface area contributed by atoms with Crippen molar-refractivity contribution >= 4 is 23.4 Å². The number of hydrogen-bond acceptors (Lipinski definition) is 3. The summed E-state index contributed by atoms with van der Waals surface area (Å²) >= 11 is 0. The SMILES string of the molecule is C[C@H](C(=O)NCc1cc(F)ccc1F)C(=O)N[C@H]1C(=O)N(C)c2ccccc2-c2ccccc21. The summed E-state index contributed by atoms with van der Waals surface area (Å²) in [6, 6.07) is 16.7. The van der Waals surface area contributed by atoms with Crippen molar-refractivity contribution in [1.29, 1.82) is 0 Å². The molecule has 0 radical (unpaired) electrons. The van der Waals surface area contributed by atoms with Crippen LogP contribution < -0.4 is 15.5 Å². The summed E-state index contributed by atoms with van der Waals surface area (Å²) in [5, 5.41) is 5.15. The van der Waals surface area contributed by atoms with Crippen molar-refractivity contribution < 1.29 is 23.2 Å². The van der Waals surface area contributed by atoms with Crippen molar-refractivity contribution in [3.8, 4) is 11.1 Å². The molecule has 8 heteroatoms. The van der Waals surface area contributed by atoms with E-state index in [-0.39, 0.29) is 18.0 Å². The van der Waals surface area contributed by atoms with Gasteiger partial charge in [0, 0.05) is 24.7 Å². The summed E-state index contributed by atoms with van der Waals surface area (Å²) in [4.78, 5) is 40.3. The Bertz CT molecular complexity index is 1280. The van der Waals surface area contributed by atoms with Gasteiger partial charge >= 0.3 is 0 Å². The normalized spacial score (nSPS) is 15.6. The molecule has 0 saturated carbocycles. The zero-order valence-electron chi connectivity index (χ0n) is 18.6. The highest BCUT2D eigenvalue weighted by atomic mass is 19.1. The van der Waals surface area contributed by atoms with Gasteiger partial charge in [-0.3, -0.25) is 14.4 Å². The van der Waals surface area contributed by atoms with Crippen LogP contribution in [0.1, 0.15) is 24.1 Å². The number of benzene rings is 3. The number of rotatable bonds is 5. The summed E-state index contributed by atoms with van der Waals surface area (Å²) in [7, 11) is 1.63. The number of carbonyl (C=O) groups is 3. The van der Waals surface area contributed by atoms with E-state index in [1.54, 1.807) is 19.2 Å². The van der Waals surface area contributed by atoms with Crippen LogP contribution >= 0.6 is 0 Å². The van der Waals surface area contributed by atoms with E-state index in [2.05, 4.69) is 10.6 Å². The van der Waals surface area contributed by atoms with E-state index in [1.165, 1.54) is 11.8 Å². The van der Waals surface area contributed by atoms with E-state index in [0.29, 0.717) is 11.3 Å². The molecule has 3 aromatic rings.